The Kier molecular flexibility index (Phi) is 4.71. The van der Waals surface area contributed by atoms with Crippen LogP contribution in [0.5, 0.6) is 0 Å². The molecule has 0 aliphatic rings. The molecule has 0 fully saturated rings. The van der Waals surface area contributed by atoms with E-state index in [0.29, 0.717) is 11.0 Å². The van der Waals surface area contributed by atoms with Crippen molar-refractivity contribution in [1.29, 1.82) is 0 Å². The van der Waals surface area contributed by atoms with Gasteiger partial charge < -0.3 is 5.32 Å². The number of hydrogen-bond donors (Lipinski definition) is 1. The lowest BCUT2D eigenvalue weighted by atomic mass is 10.00. The van der Waals surface area contributed by atoms with Gasteiger partial charge in [0.05, 0.1) is 10.6 Å². The van der Waals surface area contributed by atoms with E-state index < -0.39 is 0 Å². The van der Waals surface area contributed by atoms with E-state index in [1.807, 2.05) is 12.1 Å². The van der Waals surface area contributed by atoms with E-state index in [0.717, 1.165) is 21.7 Å². The predicted octanol–water partition coefficient (Wildman–Crippen LogP) is 4.95. The number of aromatic nitrogens is 2. The van der Waals surface area contributed by atoms with Gasteiger partial charge in [-0.3, -0.25) is 9.78 Å². The van der Waals surface area contributed by atoms with Crippen molar-refractivity contribution < 1.29 is 4.79 Å². The second-order valence-electron chi connectivity index (χ2n) is 5.89. The van der Waals surface area contributed by atoms with Crippen molar-refractivity contribution in [2.45, 2.75) is 26.7 Å². The van der Waals surface area contributed by atoms with E-state index in [1.54, 1.807) is 12.4 Å². The standard InChI is InChI=1S/C19H19N3OS/c1-12(2)14-4-6-15(7-5-14)17-18(16-8-10-20-11-9-16)24-19(22-17)21-13(3)23/h4-12H,1-3H3,(H,21,22,23). The highest BCUT2D eigenvalue weighted by molar-refractivity contribution is 7.19. The predicted molar refractivity (Wildman–Crippen MR) is 99.2 cm³/mol. The zero-order valence-corrected chi connectivity index (χ0v) is 14.7. The summed E-state index contributed by atoms with van der Waals surface area (Å²) in [4.78, 5) is 21.1. The molecule has 1 N–H and O–H groups in total. The van der Waals surface area contributed by atoms with E-state index in [2.05, 4.69) is 53.4 Å². The number of pyridine rings is 1. The maximum atomic E-state index is 11.4. The molecule has 0 saturated carbocycles. The van der Waals surface area contributed by atoms with Crippen LogP contribution in [0.3, 0.4) is 0 Å². The summed E-state index contributed by atoms with van der Waals surface area (Å²) >= 11 is 1.48. The molecule has 0 bridgehead atoms. The Hall–Kier alpha value is -2.53. The first-order valence-electron chi connectivity index (χ1n) is 7.83. The van der Waals surface area contributed by atoms with Gasteiger partial charge in [-0.2, -0.15) is 0 Å². The minimum Gasteiger partial charge on any atom is -0.302 e. The third kappa shape index (κ3) is 3.51. The molecule has 0 atom stereocenters. The van der Waals surface area contributed by atoms with Crippen LogP contribution in [0.1, 0.15) is 32.3 Å². The molecule has 1 aromatic carbocycles. The second-order valence-corrected chi connectivity index (χ2v) is 6.89. The average molecular weight is 337 g/mol. The average Bonchev–Trinajstić information content (AvgIpc) is 2.99. The topological polar surface area (TPSA) is 54.9 Å². The highest BCUT2D eigenvalue weighted by Crippen LogP contribution is 2.39. The van der Waals surface area contributed by atoms with Crippen molar-refractivity contribution in [3.63, 3.8) is 0 Å². The smallest absolute Gasteiger partial charge is 0.223 e. The lowest BCUT2D eigenvalue weighted by Crippen LogP contribution is -2.04. The summed E-state index contributed by atoms with van der Waals surface area (Å²) in [6.45, 7) is 5.84. The van der Waals surface area contributed by atoms with Crippen molar-refractivity contribution in [2.24, 2.45) is 0 Å². The molecule has 4 nitrogen and oxygen atoms in total. The zero-order chi connectivity index (χ0) is 17.1. The fourth-order valence-electron chi connectivity index (χ4n) is 2.44. The van der Waals surface area contributed by atoms with E-state index in [-0.39, 0.29) is 5.91 Å². The van der Waals surface area contributed by atoms with Gasteiger partial charge in [0, 0.05) is 24.9 Å². The number of carbonyl (C=O) groups excluding carboxylic acids is 1. The van der Waals surface area contributed by atoms with Crippen LogP contribution in [-0.4, -0.2) is 15.9 Å². The summed E-state index contributed by atoms with van der Waals surface area (Å²) < 4.78 is 0. The van der Waals surface area contributed by atoms with Gasteiger partial charge in [0.2, 0.25) is 5.91 Å². The minimum atomic E-state index is -0.119. The minimum absolute atomic E-state index is 0.119. The molecular formula is C19H19N3OS. The Morgan fingerprint density at radius 1 is 1.04 bits per heavy atom. The second kappa shape index (κ2) is 6.93. The largest absolute Gasteiger partial charge is 0.302 e. The molecule has 5 heteroatoms. The first kappa shape index (κ1) is 16.3. The number of benzene rings is 1. The SMILES string of the molecule is CC(=O)Nc1nc(-c2ccc(C(C)C)cc2)c(-c2ccncc2)s1. The number of nitrogens with one attached hydrogen (secondary N) is 1. The normalized spacial score (nSPS) is 10.8. The zero-order valence-electron chi connectivity index (χ0n) is 13.9. The first-order chi connectivity index (χ1) is 11.5. The lowest BCUT2D eigenvalue weighted by molar-refractivity contribution is -0.114. The molecule has 0 saturated heterocycles. The molecule has 3 rings (SSSR count). The van der Waals surface area contributed by atoms with E-state index >= 15 is 0 Å². The van der Waals surface area contributed by atoms with Crippen molar-refractivity contribution in [1.82, 2.24) is 9.97 Å². The summed E-state index contributed by atoms with van der Waals surface area (Å²) in [5.74, 6) is 0.371. The maximum absolute atomic E-state index is 11.4. The third-order valence-corrected chi connectivity index (χ3v) is 4.72. The summed E-state index contributed by atoms with van der Waals surface area (Å²) in [7, 11) is 0. The van der Waals surface area contributed by atoms with Crippen LogP contribution < -0.4 is 5.32 Å². The van der Waals surface area contributed by atoms with Gasteiger partial charge in [-0.1, -0.05) is 49.4 Å². The van der Waals surface area contributed by atoms with Crippen molar-refractivity contribution in [3.05, 3.63) is 54.4 Å². The fraction of sp³-hybridized carbons (Fsp3) is 0.211. The number of thiazole rings is 1. The molecular weight excluding hydrogens is 318 g/mol. The monoisotopic (exact) mass is 337 g/mol. The highest BCUT2D eigenvalue weighted by Gasteiger charge is 2.16. The number of carbonyl (C=O) groups is 1. The van der Waals surface area contributed by atoms with E-state index in [9.17, 15) is 4.79 Å². The van der Waals surface area contributed by atoms with Crippen LogP contribution >= 0.6 is 11.3 Å². The molecule has 0 unspecified atom stereocenters. The van der Waals surface area contributed by atoms with Crippen LogP contribution in [0.15, 0.2) is 48.8 Å². The molecule has 0 radical (unpaired) electrons. The summed E-state index contributed by atoms with van der Waals surface area (Å²) in [5, 5.41) is 3.40. The van der Waals surface area contributed by atoms with E-state index in [4.69, 9.17) is 0 Å². The van der Waals surface area contributed by atoms with E-state index in [1.165, 1.54) is 23.8 Å². The number of anilines is 1. The molecule has 24 heavy (non-hydrogen) atoms. The molecule has 1 amide bonds. The Balaban J connectivity index is 2.08. The molecule has 3 aromatic rings. The molecule has 0 spiro atoms. The molecule has 2 aromatic heterocycles. The molecule has 122 valence electrons. The van der Waals surface area contributed by atoms with Gasteiger partial charge in [-0.25, -0.2) is 4.98 Å². The highest BCUT2D eigenvalue weighted by atomic mass is 32.1. The number of rotatable bonds is 4. The van der Waals surface area contributed by atoms with Crippen LogP contribution in [0.4, 0.5) is 5.13 Å². The van der Waals surface area contributed by atoms with Crippen LogP contribution in [0.2, 0.25) is 0 Å². The first-order valence-corrected chi connectivity index (χ1v) is 8.65. The molecule has 2 heterocycles. The van der Waals surface area contributed by atoms with Crippen molar-refractivity contribution in [3.8, 4) is 21.7 Å². The number of amides is 1. The summed E-state index contributed by atoms with van der Waals surface area (Å²) in [6, 6.07) is 12.4. The van der Waals surface area contributed by atoms with Gasteiger partial charge in [0.25, 0.3) is 0 Å². The van der Waals surface area contributed by atoms with Gasteiger partial charge in [0.1, 0.15) is 0 Å². The van der Waals surface area contributed by atoms with Crippen LogP contribution in [-0.2, 0) is 4.79 Å². The Bertz CT molecular complexity index is 839. The van der Waals surface area contributed by atoms with Gasteiger partial charge in [-0.15, -0.1) is 0 Å². The number of nitrogens with zero attached hydrogens (tertiary/aromatic N) is 2. The molecule has 0 aliphatic heterocycles. The lowest BCUT2D eigenvalue weighted by Gasteiger charge is -2.07. The fourth-order valence-corrected chi connectivity index (χ4v) is 3.48. The third-order valence-electron chi connectivity index (χ3n) is 3.70. The summed E-state index contributed by atoms with van der Waals surface area (Å²) in [5.41, 5.74) is 4.26. The Labute approximate surface area is 145 Å². The van der Waals surface area contributed by atoms with Gasteiger partial charge in [-0.05, 0) is 29.2 Å². The van der Waals surface area contributed by atoms with Gasteiger partial charge >= 0.3 is 0 Å². The maximum Gasteiger partial charge on any atom is 0.223 e. The van der Waals surface area contributed by atoms with Crippen molar-refractivity contribution >= 4 is 22.4 Å². The quantitative estimate of drug-likeness (QED) is 0.732. The van der Waals surface area contributed by atoms with Crippen molar-refractivity contribution in [2.75, 3.05) is 5.32 Å². The van der Waals surface area contributed by atoms with Crippen LogP contribution in [0, 0.1) is 0 Å². The molecule has 0 aliphatic carbocycles. The van der Waals surface area contributed by atoms with Gasteiger partial charge in [0.15, 0.2) is 5.13 Å². The van der Waals surface area contributed by atoms with Crippen LogP contribution in [0.25, 0.3) is 21.7 Å². The number of hydrogen-bond acceptors (Lipinski definition) is 4. The summed E-state index contributed by atoms with van der Waals surface area (Å²) in [6.07, 6.45) is 3.53. The Morgan fingerprint density at radius 3 is 2.29 bits per heavy atom. The Morgan fingerprint density at radius 2 is 1.71 bits per heavy atom.